The highest BCUT2D eigenvalue weighted by Gasteiger charge is 2.21. The molecule has 0 heterocycles. The lowest BCUT2D eigenvalue weighted by atomic mass is 10.1. The van der Waals surface area contributed by atoms with E-state index >= 15 is 0 Å². The zero-order chi connectivity index (χ0) is 25.2. The van der Waals surface area contributed by atoms with Gasteiger partial charge in [0.15, 0.2) is 5.11 Å². The van der Waals surface area contributed by atoms with Crippen LogP contribution in [-0.4, -0.2) is 31.6 Å². The van der Waals surface area contributed by atoms with E-state index in [0.29, 0.717) is 17.9 Å². The van der Waals surface area contributed by atoms with Gasteiger partial charge in [0.1, 0.15) is 5.75 Å². The summed E-state index contributed by atoms with van der Waals surface area (Å²) in [4.78, 5) is 12.6. The molecule has 0 bridgehead atoms. The van der Waals surface area contributed by atoms with Gasteiger partial charge in [-0.2, -0.15) is 0 Å². The number of sulfonamides is 1. The number of rotatable bonds is 11. The summed E-state index contributed by atoms with van der Waals surface area (Å²) in [6.45, 7) is 8.18. The van der Waals surface area contributed by atoms with Crippen molar-refractivity contribution in [3.05, 3.63) is 54.1 Å². The van der Waals surface area contributed by atoms with Gasteiger partial charge in [0, 0.05) is 16.8 Å². The van der Waals surface area contributed by atoms with Crippen LogP contribution in [0.25, 0.3) is 0 Å². The molecule has 1 amide bonds. The molecule has 0 unspecified atom stereocenters. The van der Waals surface area contributed by atoms with Crippen molar-refractivity contribution in [1.82, 2.24) is 10.0 Å². The second kappa shape index (κ2) is 12.8. The molecular formula is C25H35N3O4S2. The van der Waals surface area contributed by atoms with Crippen LogP contribution in [0.4, 0.5) is 5.69 Å². The standard InChI is InChI=1S/C25H35N3O4S2/c1-5-6-7-8-9-18-32-21-14-10-19(11-15-21)23(29)27-24(33)26-20-12-16-22(17-13-20)34(30,31)28-25(2,3)4/h10-17,28H,5-9,18H2,1-4H3,(H2,26,27,29,33). The molecule has 0 aliphatic heterocycles. The third-order valence-corrected chi connectivity index (χ3v) is 6.70. The highest BCUT2D eigenvalue weighted by molar-refractivity contribution is 7.89. The minimum Gasteiger partial charge on any atom is -0.494 e. The van der Waals surface area contributed by atoms with E-state index in [1.807, 2.05) is 0 Å². The topological polar surface area (TPSA) is 96.5 Å². The second-order valence-electron chi connectivity index (χ2n) is 9.08. The molecule has 0 saturated carbocycles. The molecule has 0 atom stereocenters. The predicted molar refractivity (Wildman–Crippen MR) is 141 cm³/mol. The minimum atomic E-state index is -3.62. The van der Waals surface area contributed by atoms with Crippen molar-refractivity contribution < 1.29 is 17.9 Å². The van der Waals surface area contributed by atoms with Crippen LogP contribution < -0.4 is 20.1 Å². The lowest BCUT2D eigenvalue weighted by Gasteiger charge is -2.20. The van der Waals surface area contributed by atoms with E-state index in [1.165, 1.54) is 31.4 Å². The van der Waals surface area contributed by atoms with Crippen molar-refractivity contribution in [2.75, 3.05) is 11.9 Å². The molecule has 7 nitrogen and oxygen atoms in total. The average Bonchev–Trinajstić information content (AvgIpc) is 2.75. The SMILES string of the molecule is CCCCCCCOc1ccc(C(=O)NC(=S)Nc2ccc(S(=O)(=O)NC(C)(C)C)cc2)cc1. The van der Waals surface area contributed by atoms with Crippen molar-refractivity contribution in [3.63, 3.8) is 0 Å². The van der Waals surface area contributed by atoms with E-state index in [0.717, 1.165) is 18.6 Å². The molecule has 0 aliphatic carbocycles. The summed E-state index contributed by atoms with van der Waals surface area (Å²) in [5.41, 5.74) is 0.428. The molecule has 34 heavy (non-hydrogen) atoms. The quantitative estimate of drug-likeness (QED) is 0.285. The van der Waals surface area contributed by atoms with Crippen molar-refractivity contribution in [2.45, 2.75) is 70.2 Å². The van der Waals surface area contributed by atoms with Crippen LogP contribution in [0.1, 0.15) is 70.2 Å². The molecular weight excluding hydrogens is 470 g/mol. The monoisotopic (exact) mass is 505 g/mol. The van der Waals surface area contributed by atoms with Crippen LogP contribution in [0.2, 0.25) is 0 Å². The minimum absolute atomic E-state index is 0.112. The Bertz CT molecular complexity index is 1050. The Morgan fingerprint density at radius 2 is 1.56 bits per heavy atom. The summed E-state index contributed by atoms with van der Waals surface area (Å²) in [5.74, 6) is 0.376. The Kier molecular flexibility index (Phi) is 10.5. The molecule has 0 aliphatic rings. The Balaban J connectivity index is 1.84. The fraction of sp³-hybridized carbons (Fsp3) is 0.440. The first kappa shape index (κ1) is 27.8. The molecule has 2 aromatic rings. The highest BCUT2D eigenvalue weighted by Crippen LogP contribution is 2.17. The molecule has 0 aromatic heterocycles. The van der Waals surface area contributed by atoms with Crippen LogP contribution in [0, 0.1) is 0 Å². The van der Waals surface area contributed by atoms with Gasteiger partial charge in [0.25, 0.3) is 5.91 Å². The van der Waals surface area contributed by atoms with E-state index in [-0.39, 0.29) is 15.9 Å². The lowest BCUT2D eigenvalue weighted by molar-refractivity contribution is 0.0977. The predicted octanol–water partition coefficient (Wildman–Crippen LogP) is 5.24. The Hall–Kier alpha value is -2.49. The van der Waals surface area contributed by atoms with Gasteiger partial charge in [-0.25, -0.2) is 13.1 Å². The summed E-state index contributed by atoms with van der Waals surface area (Å²) in [6, 6.07) is 13.0. The average molecular weight is 506 g/mol. The summed E-state index contributed by atoms with van der Waals surface area (Å²) in [7, 11) is -3.62. The van der Waals surface area contributed by atoms with Gasteiger partial charge in [-0.15, -0.1) is 0 Å². The van der Waals surface area contributed by atoms with E-state index in [4.69, 9.17) is 17.0 Å². The fourth-order valence-electron chi connectivity index (χ4n) is 3.12. The lowest BCUT2D eigenvalue weighted by Crippen LogP contribution is -2.40. The molecule has 0 radical (unpaired) electrons. The number of hydrogen-bond acceptors (Lipinski definition) is 5. The van der Waals surface area contributed by atoms with E-state index in [2.05, 4.69) is 22.3 Å². The second-order valence-corrected chi connectivity index (χ2v) is 11.2. The number of ether oxygens (including phenoxy) is 1. The van der Waals surface area contributed by atoms with Crippen molar-refractivity contribution in [2.24, 2.45) is 0 Å². The largest absolute Gasteiger partial charge is 0.494 e. The zero-order valence-electron chi connectivity index (χ0n) is 20.3. The molecule has 0 fully saturated rings. The Morgan fingerprint density at radius 3 is 2.15 bits per heavy atom. The van der Waals surface area contributed by atoms with Crippen molar-refractivity contribution >= 4 is 38.9 Å². The number of carbonyl (C=O) groups excluding carboxylic acids is 1. The number of nitrogens with one attached hydrogen (secondary N) is 3. The summed E-state index contributed by atoms with van der Waals surface area (Å²) in [6.07, 6.45) is 5.87. The number of carbonyl (C=O) groups is 1. The van der Waals surface area contributed by atoms with Gasteiger partial charge in [-0.3, -0.25) is 10.1 Å². The molecule has 2 rings (SSSR count). The van der Waals surface area contributed by atoms with Crippen LogP contribution in [-0.2, 0) is 10.0 Å². The first-order valence-electron chi connectivity index (χ1n) is 11.5. The van der Waals surface area contributed by atoms with Crippen LogP contribution in [0.3, 0.4) is 0 Å². The Morgan fingerprint density at radius 1 is 0.941 bits per heavy atom. The first-order chi connectivity index (χ1) is 16.0. The Labute approximate surface area is 208 Å². The fourth-order valence-corrected chi connectivity index (χ4v) is 4.74. The van der Waals surface area contributed by atoms with Gasteiger partial charge in [-0.05, 0) is 87.9 Å². The van der Waals surface area contributed by atoms with Crippen molar-refractivity contribution in [1.29, 1.82) is 0 Å². The van der Waals surface area contributed by atoms with E-state index in [9.17, 15) is 13.2 Å². The summed E-state index contributed by atoms with van der Waals surface area (Å²) in [5, 5.41) is 5.62. The third kappa shape index (κ3) is 9.79. The van der Waals surface area contributed by atoms with E-state index in [1.54, 1.807) is 57.2 Å². The molecule has 9 heteroatoms. The molecule has 3 N–H and O–H groups in total. The third-order valence-electron chi connectivity index (χ3n) is 4.72. The molecule has 0 spiro atoms. The maximum atomic E-state index is 12.5. The summed E-state index contributed by atoms with van der Waals surface area (Å²) >= 11 is 5.22. The molecule has 2 aromatic carbocycles. The number of amides is 1. The molecule has 0 saturated heterocycles. The highest BCUT2D eigenvalue weighted by atomic mass is 32.2. The smallest absolute Gasteiger partial charge is 0.257 e. The van der Waals surface area contributed by atoms with Crippen LogP contribution in [0.15, 0.2) is 53.4 Å². The van der Waals surface area contributed by atoms with Gasteiger partial charge >= 0.3 is 0 Å². The van der Waals surface area contributed by atoms with Gasteiger partial charge < -0.3 is 10.1 Å². The number of benzene rings is 2. The zero-order valence-corrected chi connectivity index (χ0v) is 21.9. The van der Waals surface area contributed by atoms with Crippen LogP contribution in [0.5, 0.6) is 5.75 Å². The van der Waals surface area contributed by atoms with Gasteiger partial charge in [-0.1, -0.05) is 32.6 Å². The number of unbranched alkanes of at least 4 members (excludes halogenated alkanes) is 4. The normalized spacial score (nSPS) is 11.6. The maximum absolute atomic E-state index is 12.5. The van der Waals surface area contributed by atoms with Crippen LogP contribution >= 0.6 is 12.2 Å². The van der Waals surface area contributed by atoms with Gasteiger partial charge in [0.05, 0.1) is 11.5 Å². The van der Waals surface area contributed by atoms with Crippen molar-refractivity contribution in [3.8, 4) is 5.75 Å². The number of anilines is 1. The van der Waals surface area contributed by atoms with Gasteiger partial charge in [0.2, 0.25) is 10.0 Å². The number of thiocarbonyl (C=S) groups is 1. The maximum Gasteiger partial charge on any atom is 0.257 e. The van der Waals surface area contributed by atoms with E-state index < -0.39 is 15.6 Å². The summed E-state index contributed by atoms with van der Waals surface area (Å²) < 4.78 is 33.1. The number of hydrogen-bond donors (Lipinski definition) is 3. The molecule has 186 valence electrons. The first-order valence-corrected chi connectivity index (χ1v) is 13.4.